The second-order valence-electron chi connectivity index (χ2n) is 4.50. The molecule has 0 aromatic carbocycles. The molecule has 1 unspecified atom stereocenters. The third-order valence-corrected chi connectivity index (χ3v) is 3.56. The van der Waals surface area contributed by atoms with Crippen molar-refractivity contribution in [2.75, 3.05) is 30.5 Å². The lowest BCUT2D eigenvalue weighted by Crippen LogP contribution is -2.47. The minimum absolute atomic E-state index is 0.189. The van der Waals surface area contributed by atoms with Crippen LogP contribution in [0.2, 0.25) is 0 Å². The first-order valence-corrected chi connectivity index (χ1v) is 6.54. The molecule has 1 aliphatic rings. The second-order valence-corrected chi connectivity index (χ2v) is 4.81. The van der Waals surface area contributed by atoms with Crippen LogP contribution in [-0.2, 0) is 4.74 Å². The third kappa shape index (κ3) is 1.93. The van der Waals surface area contributed by atoms with Gasteiger partial charge in [-0.2, -0.15) is 9.61 Å². The molecule has 1 atom stereocenters. The van der Waals surface area contributed by atoms with Crippen molar-refractivity contribution in [3.8, 4) is 0 Å². The molecular weight excluding hydrogens is 252 g/mol. The van der Waals surface area contributed by atoms with Crippen LogP contribution >= 0.6 is 11.6 Å². The number of rotatable bonds is 2. The Morgan fingerprint density at radius 3 is 3.22 bits per heavy atom. The maximum absolute atomic E-state index is 6.02. The van der Waals surface area contributed by atoms with E-state index in [0.717, 1.165) is 24.6 Å². The van der Waals surface area contributed by atoms with Crippen molar-refractivity contribution in [3.63, 3.8) is 0 Å². The lowest BCUT2D eigenvalue weighted by Gasteiger charge is -2.36. The van der Waals surface area contributed by atoms with Gasteiger partial charge < -0.3 is 9.64 Å². The minimum Gasteiger partial charge on any atom is -0.377 e. The van der Waals surface area contributed by atoms with Crippen molar-refractivity contribution >= 4 is 23.1 Å². The Bertz CT molecular complexity index is 556. The number of pyridine rings is 1. The molecule has 2 aromatic heterocycles. The topological polar surface area (TPSA) is 42.7 Å². The second kappa shape index (κ2) is 4.74. The summed E-state index contributed by atoms with van der Waals surface area (Å²) in [5.41, 5.74) is 2.04. The first-order valence-electron chi connectivity index (χ1n) is 6.00. The van der Waals surface area contributed by atoms with Crippen molar-refractivity contribution in [2.45, 2.75) is 13.0 Å². The van der Waals surface area contributed by atoms with Crippen LogP contribution in [0.5, 0.6) is 0 Å². The molecule has 0 aliphatic carbocycles. The number of anilines is 1. The molecule has 0 radical (unpaired) electrons. The lowest BCUT2D eigenvalue weighted by molar-refractivity contribution is 0.0992. The Morgan fingerprint density at radius 1 is 1.50 bits per heavy atom. The largest absolute Gasteiger partial charge is 0.377 e. The van der Waals surface area contributed by atoms with Gasteiger partial charge in [0.15, 0.2) is 5.65 Å². The van der Waals surface area contributed by atoms with Gasteiger partial charge in [-0.05, 0) is 24.6 Å². The standard InChI is InChI=1S/C12H15ClN4O/c1-9-4-11-14-8-15-17(11)12(5-9)16-2-3-18-7-10(16)6-13/h4-5,8,10H,2-3,6-7H2,1H3. The summed E-state index contributed by atoms with van der Waals surface area (Å²) in [6.07, 6.45) is 1.58. The van der Waals surface area contributed by atoms with Gasteiger partial charge in [-0.25, -0.2) is 4.98 Å². The Balaban J connectivity index is 2.08. The van der Waals surface area contributed by atoms with Gasteiger partial charge >= 0.3 is 0 Å². The van der Waals surface area contributed by atoms with Crippen molar-refractivity contribution in [2.24, 2.45) is 0 Å². The summed E-state index contributed by atoms with van der Waals surface area (Å²) in [6, 6.07) is 4.33. The van der Waals surface area contributed by atoms with E-state index in [1.54, 1.807) is 6.33 Å². The highest BCUT2D eigenvalue weighted by Gasteiger charge is 2.24. The number of aromatic nitrogens is 3. The van der Waals surface area contributed by atoms with Gasteiger partial charge in [0.2, 0.25) is 0 Å². The fourth-order valence-electron chi connectivity index (χ4n) is 2.32. The maximum Gasteiger partial charge on any atom is 0.157 e. The van der Waals surface area contributed by atoms with E-state index in [2.05, 4.69) is 28.0 Å². The molecular formula is C12H15ClN4O. The van der Waals surface area contributed by atoms with E-state index in [9.17, 15) is 0 Å². The molecule has 96 valence electrons. The number of halogens is 1. The summed E-state index contributed by atoms with van der Waals surface area (Å²) in [6.45, 7) is 4.27. The monoisotopic (exact) mass is 266 g/mol. The van der Waals surface area contributed by atoms with Crippen LogP contribution in [0.15, 0.2) is 18.5 Å². The molecule has 5 nitrogen and oxygen atoms in total. The zero-order valence-electron chi connectivity index (χ0n) is 10.2. The summed E-state index contributed by atoms with van der Waals surface area (Å²) < 4.78 is 7.34. The van der Waals surface area contributed by atoms with E-state index in [1.807, 2.05) is 10.6 Å². The molecule has 18 heavy (non-hydrogen) atoms. The average molecular weight is 267 g/mol. The zero-order valence-corrected chi connectivity index (χ0v) is 11.0. The van der Waals surface area contributed by atoms with E-state index < -0.39 is 0 Å². The number of aryl methyl sites for hydroxylation is 1. The molecule has 3 heterocycles. The molecule has 2 aromatic rings. The summed E-state index contributed by atoms with van der Waals surface area (Å²) >= 11 is 6.02. The molecule has 3 rings (SSSR count). The molecule has 0 saturated carbocycles. The molecule has 0 bridgehead atoms. The lowest BCUT2D eigenvalue weighted by atomic mass is 10.2. The highest BCUT2D eigenvalue weighted by molar-refractivity contribution is 6.18. The molecule has 1 aliphatic heterocycles. The molecule has 6 heteroatoms. The number of alkyl halides is 1. The zero-order chi connectivity index (χ0) is 12.5. The van der Waals surface area contributed by atoms with Crippen LogP contribution in [0, 0.1) is 6.92 Å². The van der Waals surface area contributed by atoms with E-state index in [4.69, 9.17) is 16.3 Å². The quantitative estimate of drug-likeness (QED) is 0.773. The summed E-state index contributed by atoms with van der Waals surface area (Å²) in [4.78, 5) is 6.50. The molecule has 0 spiro atoms. The number of morpholine rings is 1. The summed E-state index contributed by atoms with van der Waals surface area (Å²) in [5, 5.41) is 4.28. The minimum atomic E-state index is 0.189. The number of ether oxygens (including phenoxy) is 1. The first-order chi connectivity index (χ1) is 8.79. The van der Waals surface area contributed by atoms with Crippen LogP contribution < -0.4 is 4.90 Å². The van der Waals surface area contributed by atoms with Gasteiger partial charge in [-0.3, -0.25) is 0 Å². The summed E-state index contributed by atoms with van der Waals surface area (Å²) in [7, 11) is 0. The van der Waals surface area contributed by atoms with Crippen molar-refractivity contribution < 1.29 is 4.74 Å². The Labute approximate surface area is 110 Å². The van der Waals surface area contributed by atoms with E-state index in [-0.39, 0.29) is 6.04 Å². The van der Waals surface area contributed by atoms with E-state index >= 15 is 0 Å². The van der Waals surface area contributed by atoms with Crippen LogP contribution in [0.1, 0.15) is 5.56 Å². The van der Waals surface area contributed by atoms with Crippen LogP contribution in [0.25, 0.3) is 5.65 Å². The molecule has 0 N–H and O–H groups in total. The van der Waals surface area contributed by atoms with E-state index in [1.165, 1.54) is 5.56 Å². The number of hydrogen-bond donors (Lipinski definition) is 0. The van der Waals surface area contributed by atoms with Crippen molar-refractivity contribution in [1.29, 1.82) is 0 Å². The predicted octanol–water partition coefficient (Wildman–Crippen LogP) is 1.48. The molecule has 1 fully saturated rings. The van der Waals surface area contributed by atoms with Crippen LogP contribution in [0.3, 0.4) is 0 Å². The average Bonchev–Trinajstić information content (AvgIpc) is 2.85. The number of nitrogens with zero attached hydrogens (tertiary/aromatic N) is 4. The summed E-state index contributed by atoms with van der Waals surface area (Å²) in [5.74, 6) is 1.58. The smallest absolute Gasteiger partial charge is 0.157 e. The predicted molar refractivity (Wildman–Crippen MR) is 70.4 cm³/mol. The Hall–Kier alpha value is -1.33. The SMILES string of the molecule is Cc1cc(N2CCOCC2CCl)n2ncnc2c1. The number of hydrogen-bond acceptors (Lipinski definition) is 4. The van der Waals surface area contributed by atoms with Crippen LogP contribution in [0.4, 0.5) is 5.82 Å². The van der Waals surface area contributed by atoms with Gasteiger partial charge in [0.25, 0.3) is 0 Å². The fourth-order valence-corrected chi connectivity index (χ4v) is 2.58. The van der Waals surface area contributed by atoms with Gasteiger partial charge in [-0.1, -0.05) is 0 Å². The molecule has 1 saturated heterocycles. The molecule has 0 amide bonds. The third-order valence-electron chi connectivity index (χ3n) is 3.20. The highest BCUT2D eigenvalue weighted by Crippen LogP contribution is 2.22. The van der Waals surface area contributed by atoms with Gasteiger partial charge in [0.1, 0.15) is 12.1 Å². The fraction of sp³-hybridized carbons (Fsp3) is 0.500. The Kier molecular flexibility index (Phi) is 3.09. The van der Waals surface area contributed by atoms with Gasteiger partial charge in [0, 0.05) is 12.4 Å². The Morgan fingerprint density at radius 2 is 2.39 bits per heavy atom. The first kappa shape index (κ1) is 11.7. The van der Waals surface area contributed by atoms with Crippen LogP contribution in [-0.4, -0.2) is 46.3 Å². The normalized spacial score (nSPS) is 20.6. The highest BCUT2D eigenvalue weighted by atomic mass is 35.5. The van der Waals surface area contributed by atoms with Gasteiger partial charge in [0.05, 0.1) is 19.3 Å². The van der Waals surface area contributed by atoms with Gasteiger partial charge in [-0.15, -0.1) is 11.6 Å². The van der Waals surface area contributed by atoms with Crippen molar-refractivity contribution in [1.82, 2.24) is 14.6 Å². The van der Waals surface area contributed by atoms with E-state index in [0.29, 0.717) is 12.5 Å². The number of fused-ring (bicyclic) bond motifs is 1. The van der Waals surface area contributed by atoms with Crippen molar-refractivity contribution in [3.05, 3.63) is 24.0 Å². The maximum atomic E-state index is 6.02.